The van der Waals surface area contributed by atoms with Crippen LogP contribution in [0.3, 0.4) is 0 Å². The van der Waals surface area contributed by atoms with Crippen LogP contribution in [-0.4, -0.2) is 50.4 Å². The molecular weight excluding hydrogens is 318 g/mol. The lowest BCUT2D eigenvalue weighted by molar-refractivity contribution is -0.146. The Morgan fingerprint density at radius 1 is 1.26 bits per heavy atom. The normalized spacial score (nSPS) is 13.4. The van der Waals surface area contributed by atoms with Gasteiger partial charge in [-0.2, -0.15) is 0 Å². The molecule has 6 nitrogen and oxygen atoms in total. The Morgan fingerprint density at radius 2 is 1.87 bits per heavy atom. The van der Waals surface area contributed by atoms with E-state index in [9.17, 15) is 18.9 Å². The van der Waals surface area contributed by atoms with E-state index in [1.807, 2.05) is 19.9 Å². The average Bonchev–Trinajstić information content (AvgIpc) is 2.53. The van der Waals surface area contributed by atoms with Gasteiger partial charge in [-0.1, -0.05) is 44.2 Å². The SMILES string of the molecule is COC(=O)C(CC[S@](=O)C(C)C)N(Cc1ccccc1)C(=O)O. The minimum absolute atomic E-state index is 0.0410. The second-order valence-corrected chi connectivity index (χ2v) is 7.47. The zero-order chi connectivity index (χ0) is 17.4. The van der Waals surface area contributed by atoms with Gasteiger partial charge in [0.25, 0.3) is 0 Å². The molecule has 1 rings (SSSR count). The molecule has 0 aromatic heterocycles. The van der Waals surface area contributed by atoms with Crippen molar-refractivity contribution in [2.75, 3.05) is 12.9 Å². The van der Waals surface area contributed by atoms with Crippen LogP contribution in [0.15, 0.2) is 30.3 Å². The third-order valence-electron chi connectivity index (χ3n) is 3.41. The smallest absolute Gasteiger partial charge is 0.408 e. The van der Waals surface area contributed by atoms with Gasteiger partial charge in [-0.05, 0) is 12.0 Å². The Bertz CT molecular complexity index is 547. The van der Waals surface area contributed by atoms with Crippen molar-refractivity contribution in [3.8, 4) is 0 Å². The summed E-state index contributed by atoms with van der Waals surface area (Å²) in [6.07, 6.45) is -1.05. The molecule has 1 N–H and O–H groups in total. The number of rotatable bonds is 8. The van der Waals surface area contributed by atoms with Crippen molar-refractivity contribution in [3.05, 3.63) is 35.9 Å². The van der Waals surface area contributed by atoms with Crippen molar-refractivity contribution in [2.45, 2.75) is 38.1 Å². The molecule has 0 saturated heterocycles. The van der Waals surface area contributed by atoms with Gasteiger partial charge < -0.3 is 9.84 Å². The van der Waals surface area contributed by atoms with E-state index in [4.69, 9.17) is 4.74 Å². The molecule has 0 aliphatic heterocycles. The van der Waals surface area contributed by atoms with Crippen molar-refractivity contribution < 1.29 is 23.6 Å². The molecule has 128 valence electrons. The van der Waals surface area contributed by atoms with E-state index < -0.39 is 28.9 Å². The molecule has 0 spiro atoms. The van der Waals surface area contributed by atoms with Crippen molar-refractivity contribution in [3.63, 3.8) is 0 Å². The van der Waals surface area contributed by atoms with E-state index in [0.717, 1.165) is 10.5 Å². The number of hydrogen-bond acceptors (Lipinski definition) is 4. The van der Waals surface area contributed by atoms with Crippen molar-refractivity contribution in [1.29, 1.82) is 0 Å². The highest BCUT2D eigenvalue weighted by molar-refractivity contribution is 7.85. The summed E-state index contributed by atoms with van der Waals surface area (Å²) in [5, 5.41) is 9.43. The maximum Gasteiger partial charge on any atom is 0.408 e. The fourth-order valence-electron chi connectivity index (χ4n) is 2.09. The first-order chi connectivity index (χ1) is 10.9. The molecule has 0 aliphatic carbocycles. The number of carbonyl (C=O) groups excluding carboxylic acids is 1. The average molecular weight is 341 g/mol. The van der Waals surface area contributed by atoms with Gasteiger partial charge in [0.2, 0.25) is 0 Å². The van der Waals surface area contributed by atoms with Gasteiger partial charge in [0.15, 0.2) is 0 Å². The Kier molecular flexibility index (Phi) is 7.74. The van der Waals surface area contributed by atoms with E-state index >= 15 is 0 Å². The minimum atomic E-state index is -1.21. The zero-order valence-corrected chi connectivity index (χ0v) is 14.4. The van der Waals surface area contributed by atoms with Crippen LogP contribution in [0, 0.1) is 0 Å². The third-order valence-corrected chi connectivity index (χ3v) is 5.10. The molecule has 7 heteroatoms. The van der Waals surface area contributed by atoms with Crippen LogP contribution in [0.4, 0.5) is 4.79 Å². The van der Waals surface area contributed by atoms with E-state index in [-0.39, 0.29) is 24.0 Å². The highest BCUT2D eigenvalue weighted by Crippen LogP contribution is 2.14. The predicted molar refractivity (Wildman–Crippen MR) is 88.6 cm³/mol. The maximum absolute atomic E-state index is 12.0. The number of benzene rings is 1. The van der Waals surface area contributed by atoms with Crippen molar-refractivity contribution in [2.24, 2.45) is 0 Å². The van der Waals surface area contributed by atoms with Gasteiger partial charge in [0, 0.05) is 28.3 Å². The van der Waals surface area contributed by atoms with Gasteiger partial charge in [0.05, 0.1) is 7.11 Å². The highest BCUT2D eigenvalue weighted by Gasteiger charge is 2.31. The number of esters is 1. The molecule has 2 atom stereocenters. The van der Waals surface area contributed by atoms with Crippen molar-refractivity contribution in [1.82, 2.24) is 4.90 Å². The molecule has 1 aromatic rings. The molecule has 1 amide bonds. The van der Waals surface area contributed by atoms with E-state index in [2.05, 4.69) is 0 Å². The van der Waals surface area contributed by atoms with Gasteiger partial charge in [0.1, 0.15) is 6.04 Å². The molecule has 0 radical (unpaired) electrons. The molecule has 0 fully saturated rings. The molecule has 0 saturated carbocycles. The number of carboxylic acid groups (broad SMARTS) is 1. The van der Waals surface area contributed by atoms with Crippen LogP contribution < -0.4 is 0 Å². The molecule has 0 aliphatic rings. The molecule has 0 heterocycles. The lowest BCUT2D eigenvalue weighted by Gasteiger charge is -2.27. The molecular formula is C16H23NO5S. The monoisotopic (exact) mass is 341 g/mol. The van der Waals surface area contributed by atoms with Crippen LogP contribution in [0.2, 0.25) is 0 Å². The molecule has 0 bridgehead atoms. The van der Waals surface area contributed by atoms with E-state index in [1.165, 1.54) is 7.11 Å². The summed E-state index contributed by atoms with van der Waals surface area (Å²) in [5.41, 5.74) is 0.772. The quantitative estimate of drug-likeness (QED) is 0.733. The third kappa shape index (κ3) is 6.02. The van der Waals surface area contributed by atoms with Gasteiger partial charge in [-0.15, -0.1) is 0 Å². The molecule has 1 aromatic carbocycles. The summed E-state index contributed by atoms with van der Waals surface area (Å²) in [5.74, 6) is -0.389. The Labute approximate surface area is 138 Å². The topological polar surface area (TPSA) is 83.9 Å². The van der Waals surface area contributed by atoms with Crippen LogP contribution in [-0.2, 0) is 26.9 Å². The summed E-state index contributed by atoms with van der Waals surface area (Å²) < 4.78 is 16.6. The summed E-state index contributed by atoms with van der Waals surface area (Å²) in [6, 6.07) is 8.04. The fourth-order valence-corrected chi connectivity index (χ4v) is 3.02. The minimum Gasteiger partial charge on any atom is -0.467 e. The van der Waals surface area contributed by atoms with Crippen LogP contribution in [0.25, 0.3) is 0 Å². The zero-order valence-electron chi connectivity index (χ0n) is 13.6. The number of nitrogens with zero attached hydrogens (tertiary/aromatic N) is 1. The first-order valence-electron chi connectivity index (χ1n) is 7.35. The molecule has 23 heavy (non-hydrogen) atoms. The Morgan fingerprint density at radius 3 is 2.35 bits per heavy atom. The second-order valence-electron chi connectivity index (χ2n) is 5.36. The lowest BCUT2D eigenvalue weighted by Crippen LogP contribution is -2.45. The maximum atomic E-state index is 12.0. The number of carbonyl (C=O) groups is 2. The Hall–Kier alpha value is -1.89. The first kappa shape index (κ1) is 19.2. The van der Waals surface area contributed by atoms with E-state index in [0.29, 0.717) is 0 Å². The van der Waals surface area contributed by atoms with Gasteiger partial charge in [-0.3, -0.25) is 9.11 Å². The van der Waals surface area contributed by atoms with Gasteiger partial charge >= 0.3 is 12.1 Å². The van der Waals surface area contributed by atoms with E-state index in [1.54, 1.807) is 24.3 Å². The van der Waals surface area contributed by atoms with Crippen LogP contribution in [0.1, 0.15) is 25.8 Å². The highest BCUT2D eigenvalue weighted by atomic mass is 32.2. The first-order valence-corrected chi connectivity index (χ1v) is 8.73. The number of amides is 1. The summed E-state index contributed by atoms with van der Waals surface area (Å²) in [4.78, 5) is 24.6. The molecule has 1 unspecified atom stereocenters. The number of methoxy groups -OCH3 is 1. The van der Waals surface area contributed by atoms with Crippen molar-refractivity contribution >= 4 is 22.9 Å². The summed E-state index contributed by atoms with van der Waals surface area (Å²) in [7, 11) is 0.105. The summed E-state index contributed by atoms with van der Waals surface area (Å²) >= 11 is 0. The second kappa shape index (κ2) is 9.29. The van der Waals surface area contributed by atoms with Crippen LogP contribution in [0.5, 0.6) is 0 Å². The summed E-state index contributed by atoms with van der Waals surface area (Å²) in [6.45, 7) is 3.72. The number of hydrogen-bond donors (Lipinski definition) is 1. The van der Waals surface area contributed by atoms with Crippen LogP contribution >= 0.6 is 0 Å². The predicted octanol–water partition coefficient (Wildman–Crippen LogP) is 2.26. The number of ether oxygens (including phenoxy) is 1. The van der Waals surface area contributed by atoms with Gasteiger partial charge in [-0.25, -0.2) is 9.59 Å². The fraction of sp³-hybridized carbons (Fsp3) is 0.500. The largest absolute Gasteiger partial charge is 0.467 e. The lowest BCUT2D eigenvalue weighted by atomic mass is 10.1. The standard InChI is InChI=1S/C16H23NO5S/c1-12(2)23(21)10-9-14(15(18)22-3)17(16(19)20)11-13-7-5-4-6-8-13/h4-8,12,14H,9-11H2,1-3H3,(H,19,20)/t14?,23-/m0/s1. The Balaban J connectivity index is 2.92.